The fraction of sp³-hybridized carbons (Fsp3) is 0.444. The molecule has 0 bridgehead atoms. The Balaban J connectivity index is 1.86. The third-order valence-corrected chi connectivity index (χ3v) is 6.11. The van der Waals surface area contributed by atoms with E-state index in [0.29, 0.717) is 17.5 Å². The van der Waals surface area contributed by atoms with Gasteiger partial charge in [-0.05, 0) is 37.0 Å². The van der Waals surface area contributed by atoms with Crippen LogP contribution in [0.1, 0.15) is 43.6 Å². The zero-order chi connectivity index (χ0) is 14.2. The summed E-state index contributed by atoms with van der Waals surface area (Å²) in [5.74, 6) is 1.75. The van der Waals surface area contributed by atoms with Crippen LogP contribution >= 0.6 is 11.8 Å². The van der Waals surface area contributed by atoms with Crippen LogP contribution < -0.4 is 0 Å². The summed E-state index contributed by atoms with van der Waals surface area (Å²) in [4.78, 5) is 17.5. The van der Waals surface area contributed by atoms with Crippen molar-refractivity contribution in [3.8, 4) is 0 Å². The molecule has 4 rings (SSSR count). The van der Waals surface area contributed by atoms with Crippen molar-refractivity contribution in [3.05, 3.63) is 47.2 Å². The largest absolute Gasteiger partial charge is 0.294 e. The van der Waals surface area contributed by atoms with E-state index in [2.05, 4.69) is 24.3 Å². The van der Waals surface area contributed by atoms with E-state index in [1.54, 1.807) is 0 Å². The molecule has 2 atom stereocenters. The summed E-state index contributed by atoms with van der Waals surface area (Å²) in [5, 5.41) is 0.377. The van der Waals surface area contributed by atoms with Crippen LogP contribution in [0.4, 0.5) is 0 Å². The van der Waals surface area contributed by atoms with Crippen LogP contribution in [0.5, 0.6) is 0 Å². The lowest BCUT2D eigenvalue weighted by molar-refractivity contribution is -0.116. The lowest BCUT2D eigenvalue weighted by atomic mass is 9.76. The number of carbonyl (C=O) groups is 1. The van der Waals surface area contributed by atoms with E-state index in [-0.39, 0.29) is 5.92 Å². The van der Waals surface area contributed by atoms with Crippen molar-refractivity contribution in [2.45, 2.75) is 43.3 Å². The molecular weight excluding hydrogens is 278 g/mol. The summed E-state index contributed by atoms with van der Waals surface area (Å²) in [6.45, 7) is 0. The number of allylic oxidation sites excluding steroid dienone is 2. The molecule has 1 aliphatic carbocycles. The molecule has 3 heteroatoms. The van der Waals surface area contributed by atoms with Crippen molar-refractivity contribution >= 4 is 23.3 Å². The van der Waals surface area contributed by atoms with Crippen LogP contribution in [0.15, 0.2) is 46.6 Å². The van der Waals surface area contributed by atoms with Crippen molar-refractivity contribution in [2.24, 2.45) is 4.99 Å². The van der Waals surface area contributed by atoms with Gasteiger partial charge in [0.2, 0.25) is 0 Å². The van der Waals surface area contributed by atoms with Crippen molar-refractivity contribution in [1.82, 2.24) is 0 Å². The summed E-state index contributed by atoms with van der Waals surface area (Å²) in [6.07, 6.45) is 4.97. The van der Waals surface area contributed by atoms with Gasteiger partial charge in [-0.1, -0.05) is 30.3 Å². The van der Waals surface area contributed by atoms with E-state index in [1.807, 2.05) is 17.8 Å². The van der Waals surface area contributed by atoms with Gasteiger partial charge in [0.1, 0.15) is 0 Å². The average molecular weight is 297 g/mol. The molecule has 1 saturated heterocycles. The van der Waals surface area contributed by atoms with E-state index >= 15 is 0 Å². The second-order valence-electron chi connectivity index (χ2n) is 6.02. The summed E-state index contributed by atoms with van der Waals surface area (Å²) in [7, 11) is 0. The second kappa shape index (κ2) is 5.45. The minimum absolute atomic E-state index is 0.229. The minimum atomic E-state index is 0.229. The van der Waals surface area contributed by atoms with Gasteiger partial charge in [0.15, 0.2) is 5.78 Å². The first kappa shape index (κ1) is 13.3. The van der Waals surface area contributed by atoms with Gasteiger partial charge in [0, 0.05) is 29.3 Å². The highest BCUT2D eigenvalue weighted by atomic mass is 32.2. The predicted octanol–water partition coefficient (Wildman–Crippen LogP) is 4.13. The topological polar surface area (TPSA) is 29.4 Å². The molecule has 2 aliphatic heterocycles. The van der Waals surface area contributed by atoms with Gasteiger partial charge in [-0.25, -0.2) is 0 Å². The number of rotatable bonds is 1. The third-order valence-electron chi connectivity index (χ3n) is 4.68. The Kier molecular flexibility index (Phi) is 3.46. The molecule has 108 valence electrons. The summed E-state index contributed by atoms with van der Waals surface area (Å²) in [6, 6.07) is 10.6. The molecule has 21 heavy (non-hydrogen) atoms. The Morgan fingerprint density at radius 3 is 2.76 bits per heavy atom. The number of nitrogens with zero attached hydrogens (tertiary/aromatic N) is 1. The molecule has 0 spiro atoms. The zero-order valence-corrected chi connectivity index (χ0v) is 12.9. The summed E-state index contributed by atoms with van der Waals surface area (Å²) < 4.78 is 0. The third kappa shape index (κ3) is 2.28. The Labute approximate surface area is 129 Å². The second-order valence-corrected chi connectivity index (χ2v) is 7.27. The summed E-state index contributed by atoms with van der Waals surface area (Å²) in [5.41, 5.74) is 4.73. The van der Waals surface area contributed by atoms with Crippen LogP contribution in [0.2, 0.25) is 0 Å². The number of Topliss-reactive ketones (excluding diaryl/α,β-unsaturated/α-hetero) is 1. The maximum atomic E-state index is 12.6. The maximum absolute atomic E-state index is 12.6. The van der Waals surface area contributed by atoms with Crippen molar-refractivity contribution in [2.75, 3.05) is 5.75 Å². The van der Waals surface area contributed by atoms with Crippen LogP contribution in [0.25, 0.3) is 0 Å². The molecule has 0 N–H and O–H groups in total. The monoisotopic (exact) mass is 297 g/mol. The average Bonchev–Trinajstić information content (AvgIpc) is 2.54. The van der Waals surface area contributed by atoms with E-state index in [9.17, 15) is 4.79 Å². The van der Waals surface area contributed by atoms with Crippen LogP contribution in [-0.2, 0) is 4.79 Å². The highest BCUT2D eigenvalue weighted by Crippen LogP contribution is 2.46. The van der Waals surface area contributed by atoms with Gasteiger partial charge in [0.25, 0.3) is 0 Å². The fourth-order valence-electron chi connectivity index (χ4n) is 3.75. The highest BCUT2D eigenvalue weighted by Gasteiger charge is 2.40. The van der Waals surface area contributed by atoms with Gasteiger partial charge in [-0.15, -0.1) is 0 Å². The van der Waals surface area contributed by atoms with Gasteiger partial charge < -0.3 is 0 Å². The lowest BCUT2D eigenvalue weighted by Crippen LogP contribution is -2.36. The number of hydrogen-bond donors (Lipinski definition) is 0. The molecule has 2 unspecified atom stereocenters. The Bertz CT molecular complexity index is 632. The van der Waals surface area contributed by atoms with Crippen LogP contribution in [0, 0.1) is 0 Å². The standard InChI is InChI=1S/C18H19NOS/c20-15-10-4-8-13-17(15)16(12-6-2-1-3-7-12)18-14(19-13)9-5-11-21-18/h1-3,6-7,16,18H,4-5,8-11H2. The number of carbonyl (C=O) groups excluding carboxylic acids is 1. The molecule has 0 saturated carbocycles. The Hall–Kier alpha value is -1.35. The molecule has 1 aromatic carbocycles. The lowest BCUT2D eigenvalue weighted by Gasteiger charge is -2.38. The van der Waals surface area contributed by atoms with Crippen molar-refractivity contribution < 1.29 is 4.79 Å². The highest BCUT2D eigenvalue weighted by molar-refractivity contribution is 8.00. The Morgan fingerprint density at radius 2 is 1.90 bits per heavy atom. The molecule has 1 fully saturated rings. The molecule has 2 nitrogen and oxygen atoms in total. The first-order valence-corrected chi connectivity index (χ1v) is 8.90. The number of thioether (sulfide) groups is 1. The number of ketones is 1. The first-order valence-electron chi connectivity index (χ1n) is 7.85. The molecule has 0 aromatic heterocycles. The summed E-state index contributed by atoms with van der Waals surface area (Å²) >= 11 is 1.99. The van der Waals surface area contributed by atoms with Gasteiger partial charge in [0.05, 0.1) is 5.25 Å². The molecule has 0 amide bonds. The van der Waals surface area contributed by atoms with Crippen LogP contribution in [0.3, 0.4) is 0 Å². The molecular formula is C18H19NOS. The number of hydrogen-bond acceptors (Lipinski definition) is 3. The molecule has 1 aromatic rings. The van der Waals surface area contributed by atoms with Crippen molar-refractivity contribution in [1.29, 1.82) is 0 Å². The Morgan fingerprint density at radius 1 is 1.05 bits per heavy atom. The maximum Gasteiger partial charge on any atom is 0.161 e. The van der Waals surface area contributed by atoms with Gasteiger partial charge >= 0.3 is 0 Å². The van der Waals surface area contributed by atoms with Crippen LogP contribution in [-0.4, -0.2) is 22.5 Å². The van der Waals surface area contributed by atoms with E-state index in [4.69, 9.17) is 4.99 Å². The molecule has 2 heterocycles. The number of aliphatic imine (C=N–C) groups is 1. The molecule has 3 aliphatic rings. The van der Waals surface area contributed by atoms with E-state index in [1.165, 1.54) is 23.4 Å². The van der Waals surface area contributed by atoms with Crippen molar-refractivity contribution in [3.63, 3.8) is 0 Å². The quantitative estimate of drug-likeness (QED) is 0.780. The fourth-order valence-corrected chi connectivity index (χ4v) is 5.17. The van der Waals surface area contributed by atoms with Gasteiger partial charge in [-0.3, -0.25) is 9.79 Å². The first-order chi connectivity index (χ1) is 10.3. The smallest absolute Gasteiger partial charge is 0.161 e. The number of benzene rings is 1. The minimum Gasteiger partial charge on any atom is -0.294 e. The zero-order valence-electron chi connectivity index (χ0n) is 12.0. The SMILES string of the molecule is O=C1CCCC2=C1C(c1ccccc1)C1SCCCC1=N2. The van der Waals surface area contributed by atoms with E-state index < -0.39 is 0 Å². The van der Waals surface area contributed by atoms with E-state index in [0.717, 1.165) is 30.5 Å². The normalized spacial score (nSPS) is 28.8. The van der Waals surface area contributed by atoms with Gasteiger partial charge in [-0.2, -0.15) is 11.8 Å². The molecule has 0 radical (unpaired) electrons. The number of fused-ring (bicyclic) bond motifs is 1. The predicted molar refractivity (Wildman–Crippen MR) is 88.0 cm³/mol.